The molecular weight excluding hydrogens is 278 g/mol. The largest absolute Gasteiger partial charge is 0.480 e. The Morgan fingerprint density at radius 1 is 1.45 bits per heavy atom. The molecule has 2 amide bonds. The van der Waals surface area contributed by atoms with E-state index in [2.05, 4.69) is 22.2 Å². The second-order valence-electron chi connectivity index (χ2n) is 4.44. The topological polar surface area (TPSA) is 91.3 Å². The predicted molar refractivity (Wildman–Crippen MR) is 77.9 cm³/mol. The number of nitrogens with zero attached hydrogens (tertiary/aromatic N) is 1. The van der Waals surface area contributed by atoms with Crippen LogP contribution in [-0.4, -0.2) is 28.1 Å². The standard InChI is InChI=1S/C13H19N3O3S/c1-5-6-10(12(17)18)16-13(19)15-8(3)11-7(2)14-9(4)20-11/h5,8,10H,1,6H2,2-4H3,(H,17,18)(H2,15,16,19). The number of aromatic nitrogens is 1. The van der Waals surface area contributed by atoms with E-state index in [4.69, 9.17) is 5.11 Å². The Bertz CT molecular complexity index is 513. The fourth-order valence-electron chi connectivity index (χ4n) is 1.80. The van der Waals surface area contributed by atoms with Crippen LogP contribution in [0.25, 0.3) is 0 Å². The van der Waals surface area contributed by atoms with E-state index in [1.54, 1.807) is 0 Å². The molecule has 1 aromatic rings. The normalized spacial score (nSPS) is 13.3. The van der Waals surface area contributed by atoms with Gasteiger partial charge in [-0.1, -0.05) is 6.08 Å². The molecule has 0 aromatic carbocycles. The maximum atomic E-state index is 11.8. The summed E-state index contributed by atoms with van der Waals surface area (Å²) in [5.41, 5.74) is 0.876. The van der Waals surface area contributed by atoms with Gasteiger partial charge in [0.05, 0.1) is 16.7 Å². The van der Waals surface area contributed by atoms with Crippen LogP contribution < -0.4 is 10.6 Å². The van der Waals surface area contributed by atoms with Crippen molar-refractivity contribution >= 4 is 23.3 Å². The molecular formula is C13H19N3O3S. The number of amides is 2. The zero-order chi connectivity index (χ0) is 15.3. The Kier molecular flexibility index (Phi) is 5.69. The van der Waals surface area contributed by atoms with Gasteiger partial charge in [0.25, 0.3) is 0 Å². The molecule has 1 heterocycles. The first-order chi connectivity index (χ1) is 9.35. The van der Waals surface area contributed by atoms with Crippen molar-refractivity contribution in [1.29, 1.82) is 0 Å². The van der Waals surface area contributed by atoms with Gasteiger partial charge in [-0.15, -0.1) is 17.9 Å². The van der Waals surface area contributed by atoms with Gasteiger partial charge in [0.1, 0.15) is 6.04 Å². The third-order valence-corrected chi connectivity index (χ3v) is 3.94. The minimum Gasteiger partial charge on any atom is -0.480 e. The highest BCUT2D eigenvalue weighted by Crippen LogP contribution is 2.24. The van der Waals surface area contributed by atoms with Crippen LogP contribution in [0.4, 0.5) is 4.79 Å². The van der Waals surface area contributed by atoms with Gasteiger partial charge in [-0.25, -0.2) is 14.6 Å². The van der Waals surface area contributed by atoms with Gasteiger partial charge in [-0.05, 0) is 27.2 Å². The van der Waals surface area contributed by atoms with Gasteiger partial charge < -0.3 is 15.7 Å². The summed E-state index contributed by atoms with van der Waals surface area (Å²) in [7, 11) is 0. The Balaban J connectivity index is 2.63. The highest BCUT2D eigenvalue weighted by Gasteiger charge is 2.20. The molecule has 0 spiro atoms. The Labute approximate surface area is 121 Å². The van der Waals surface area contributed by atoms with Gasteiger partial charge in [0.2, 0.25) is 0 Å². The van der Waals surface area contributed by atoms with Crippen molar-refractivity contribution in [3.05, 3.63) is 28.2 Å². The van der Waals surface area contributed by atoms with E-state index in [1.165, 1.54) is 17.4 Å². The molecule has 110 valence electrons. The second kappa shape index (κ2) is 7.04. The molecule has 1 aromatic heterocycles. The lowest BCUT2D eigenvalue weighted by molar-refractivity contribution is -0.139. The predicted octanol–water partition coefficient (Wildman–Crippen LogP) is 2.15. The summed E-state index contributed by atoms with van der Waals surface area (Å²) in [6.07, 6.45) is 1.63. The van der Waals surface area contributed by atoms with Gasteiger partial charge in [0, 0.05) is 4.88 Å². The minimum atomic E-state index is -1.09. The van der Waals surface area contributed by atoms with Crippen LogP contribution in [0.2, 0.25) is 0 Å². The maximum Gasteiger partial charge on any atom is 0.326 e. The van der Waals surface area contributed by atoms with Gasteiger partial charge in [-0.3, -0.25) is 0 Å². The molecule has 7 heteroatoms. The fraction of sp³-hybridized carbons (Fsp3) is 0.462. The van der Waals surface area contributed by atoms with E-state index in [1.807, 2.05) is 20.8 Å². The molecule has 0 saturated carbocycles. The first-order valence-electron chi connectivity index (χ1n) is 6.19. The second-order valence-corrected chi connectivity index (χ2v) is 5.67. The van der Waals surface area contributed by atoms with Crippen LogP contribution in [0.5, 0.6) is 0 Å². The van der Waals surface area contributed by atoms with E-state index in [-0.39, 0.29) is 12.5 Å². The van der Waals surface area contributed by atoms with Crippen LogP contribution >= 0.6 is 11.3 Å². The lowest BCUT2D eigenvalue weighted by atomic mass is 10.2. The summed E-state index contributed by atoms with van der Waals surface area (Å²) in [6, 6.07) is -1.71. The van der Waals surface area contributed by atoms with Crippen molar-refractivity contribution in [2.75, 3.05) is 0 Å². The summed E-state index contributed by atoms with van der Waals surface area (Å²) in [4.78, 5) is 28.0. The first-order valence-corrected chi connectivity index (χ1v) is 7.01. The number of carbonyl (C=O) groups excluding carboxylic acids is 1. The Morgan fingerprint density at radius 3 is 2.55 bits per heavy atom. The van der Waals surface area contributed by atoms with Gasteiger partial charge >= 0.3 is 12.0 Å². The molecule has 0 fully saturated rings. The van der Waals surface area contributed by atoms with E-state index in [9.17, 15) is 9.59 Å². The van der Waals surface area contributed by atoms with Crippen LogP contribution in [-0.2, 0) is 4.79 Å². The monoisotopic (exact) mass is 297 g/mol. The third-order valence-electron chi connectivity index (χ3n) is 2.69. The average Bonchev–Trinajstić information content (AvgIpc) is 2.67. The van der Waals surface area contributed by atoms with Crippen LogP contribution in [0.1, 0.15) is 35.0 Å². The van der Waals surface area contributed by atoms with Gasteiger partial charge in [-0.2, -0.15) is 0 Å². The summed E-state index contributed by atoms with van der Waals surface area (Å²) >= 11 is 1.51. The number of nitrogens with one attached hydrogen (secondary N) is 2. The summed E-state index contributed by atoms with van der Waals surface area (Å²) in [5, 5.41) is 15.0. The number of aryl methyl sites for hydroxylation is 2. The molecule has 0 aliphatic heterocycles. The van der Waals surface area contributed by atoms with Crippen molar-refractivity contribution in [2.24, 2.45) is 0 Å². The molecule has 3 N–H and O–H groups in total. The highest BCUT2D eigenvalue weighted by molar-refractivity contribution is 7.11. The van der Waals surface area contributed by atoms with Crippen molar-refractivity contribution in [3.8, 4) is 0 Å². The maximum absolute atomic E-state index is 11.8. The lowest BCUT2D eigenvalue weighted by Crippen LogP contribution is -2.46. The molecule has 0 saturated heterocycles. The molecule has 6 nitrogen and oxygen atoms in total. The summed E-state index contributed by atoms with van der Waals surface area (Å²) in [5.74, 6) is -1.09. The summed E-state index contributed by atoms with van der Waals surface area (Å²) < 4.78 is 0. The van der Waals surface area contributed by atoms with Crippen LogP contribution in [0.15, 0.2) is 12.7 Å². The number of aliphatic carboxylic acids is 1. The van der Waals surface area contributed by atoms with E-state index in [0.717, 1.165) is 15.6 Å². The zero-order valence-corrected chi connectivity index (χ0v) is 12.6. The molecule has 0 bridgehead atoms. The van der Waals surface area contributed by atoms with Crippen molar-refractivity contribution in [3.63, 3.8) is 0 Å². The summed E-state index contributed by atoms with van der Waals surface area (Å²) in [6.45, 7) is 9.09. The van der Waals surface area contributed by atoms with E-state index in [0.29, 0.717) is 0 Å². The van der Waals surface area contributed by atoms with Crippen molar-refractivity contribution < 1.29 is 14.7 Å². The number of urea groups is 1. The first kappa shape index (κ1) is 16.2. The molecule has 20 heavy (non-hydrogen) atoms. The highest BCUT2D eigenvalue weighted by atomic mass is 32.1. The van der Waals surface area contributed by atoms with E-state index >= 15 is 0 Å². The number of hydrogen-bond acceptors (Lipinski definition) is 4. The number of rotatable bonds is 6. The third kappa shape index (κ3) is 4.34. The molecule has 0 aliphatic carbocycles. The van der Waals surface area contributed by atoms with Gasteiger partial charge in [0.15, 0.2) is 0 Å². The molecule has 1 rings (SSSR count). The number of carbonyl (C=O) groups is 2. The number of carboxylic acid groups (broad SMARTS) is 1. The SMILES string of the molecule is C=CCC(NC(=O)NC(C)c1sc(C)nc1C)C(=O)O. The molecule has 2 atom stereocenters. The molecule has 0 aliphatic rings. The molecule has 0 radical (unpaired) electrons. The van der Waals surface area contributed by atoms with Crippen LogP contribution in [0, 0.1) is 13.8 Å². The average molecular weight is 297 g/mol. The minimum absolute atomic E-state index is 0.176. The molecule has 2 unspecified atom stereocenters. The van der Waals surface area contributed by atoms with Crippen LogP contribution in [0.3, 0.4) is 0 Å². The smallest absolute Gasteiger partial charge is 0.326 e. The quantitative estimate of drug-likeness (QED) is 0.702. The Morgan fingerprint density at radius 2 is 2.10 bits per heavy atom. The zero-order valence-electron chi connectivity index (χ0n) is 11.8. The van der Waals surface area contributed by atoms with E-state index < -0.39 is 18.0 Å². The fourth-order valence-corrected chi connectivity index (χ4v) is 2.73. The lowest BCUT2D eigenvalue weighted by Gasteiger charge is -2.17. The van der Waals surface area contributed by atoms with Crippen molar-refractivity contribution in [1.82, 2.24) is 15.6 Å². The number of thiazole rings is 1. The number of carboxylic acids is 1. The number of hydrogen-bond donors (Lipinski definition) is 3. The Hall–Kier alpha value is -1.89. The van der Waals surface area contributed by atoms with Crippen molar-refractivity contribution in [2.45, 2.75) is 39.3 Å².